The summed E-state index contributed by atoms with van der Waals surface area (Å²) in [6.07, 6.45) is 4.57. The van der Waals surface area contributed by atoms with Gasteiger partial charge in [0.2, 0.25) is 0 Å². The summed E-state index contributed by atoms with van der Waals surface area (Å²) in [6, 6.07) is 17.9. The molecule has 2 aromatic carbocycles. The highest BCUT2D eigenvalue weighted by Crippen LogP contribution is 2.24. The highest BCUT2D eigenvalue weighted by atomic mass is 16.4. The third kappa shape index (κ3) is 21.4. The van der Waals surface area contributed by atoms with Crippen LogP contribution in [0.1, 0.15) is 28.7 Å². The number of carboxylic acids is 6. The molecule has 0 amide bonds. The Bertz CT molecular complexity index is 1390. The maximum Gasteiger partial charge on any atom is 0.0643 e. The number of aliphatic hydroxyl groups excluding tert-OH is 1. The fourth-order valence-electron chi connectivity index (χ4n) is 4.97. The number of carbonyl (C=O) groups is 6. The molecule has 282 valence electrons. The molecule has 2 aliphatic heterocycles. The predicted molar refractivity (Wildman–Crippen MR) is 172 cm³/mol. The Morgan fingerprint density at radius 3 is 1.08 bits per heavy atom. The van der Waals surface area contributed by atoms with Gasteiger partial charge in [-0.25, -0.2) is 0 Å². The van der Waals surface area contributed by atoms with Crippen LogP contribution < -0.4 is 30.6 Å². The van der Waals surface area contributed by atoms with E-state index in [9.17, 15) is 59.4 Å². The summed E-state index contributed by atoms with van der Waals surface area (Å²) >= 11 is 0. The standard InChI is InChI=1S/C24H33N3O.3C4H4O4/c28-17-16-26-14-12-25(13-15-26)10-5-11-27-19-23-8-3-1-6-21(23)18-22-7-2-4-9-24(22)20-27;3*5-3(6)1-2-4(7)8/h1-4,6-9,28H,5,10-20H2;3*1-2H,(H,5,6)(H,7,8)/p-6/b;3*2-1-. The molecule has 4 rings (SSSR count). The second-order valence-electron chi connectivity index (χ2n) is 11.1. The number of aliphatic carboxylic acids is 6. The quantitative estimate of drug-likeness (QED) is 0.200. The zero-order valence-corrected chi connectivity index (χ0v) is 28.3. The van der Waals surface area contributed by atoms with E-state index in [0.29, 0.717) is 36.5 Å². The van der Waals surface area contributed by atoms with Crippen LogP contribution in [0.2, 0.25) is 0 Å². The van der Waals surface area contributed by atoms with Gasteiger partial charge in [0.05, 0.1) is 42.4 Å². The largest absolute Gasteiger partial charge is 0.545 e. The van der Waals surface area contributed by atoms with E-state index in [0.717, 1.165) is 58.8 Å². The van der Waals surface area contributed by atoms with E-state index in [2.05, 4.69) is 63.2 Å². The van der Waals surface area contributed by atoms with E-state index < -0.39 is 35.8 Å². The van der Waals surface area contributed by atoms with Crippen LogP contribution in [0.5, 0.6) is 0 Å². The van der Waals surface area contributed by atoms with E-state index in [1.54, 1.807) is 0 Å². The Labute approximate surface area is 300 Å². The minimum absolute atomic E-state index is 0.276. The molecule has 0 aliphatic carbocycles. The molecule has 0 aromatic heterocycles. The first-order valence-corrected chi connectivity index (χ1v) is 15.9. The summed E-state index contributed by atoms with van der Waals surface area (Å²) in [5, 5.41) is 65.6. The normalized spacial score (nSPS) is 14.6. The van der Waals surface area contributed by atoms with Crippen molar-refractivity contribution < 1.29 is 64.5 Å². The summed E-state index contributed by atoms with van der Waals surface area (Å²) < 4.78 is 0. The number of piperazine rings is 1. The maximum absolute atomic E-state index is 9.41. The lowest BCUT2D eigenvalue weighted by molar-refractivity contribution is -0.301. The molecule has 2 heterocycles. The van der Waals surface area contributed by atoms with Crippen LogP contribution in [0, 0.1) is 0 Å². The van der Waals surface area contributed by atoms with Crippen LogP contribution in [-0.4, -0.2) is 108 Å². The number of rotatable bonds is 12. The van der Waals surface area contributed by atoms with Crippen molar-refractivity contribution in [3.8, 4) is 0 Å². The number of β-amino-alcohol motifs (C(OH)–C–C–N with tert-alkyl or cyclic N) is 1. The summed E-state index contributed by atoms with van der Waals surface area (Å²) in [5.74, 6) is -9.28. The van der Waals surface area contributed by atoms with E-state index in [4.69, 9.17) is 5.11 Å². The van der Waals surface area contributed by atoms with Crippen LogP contribution in [0.3, 0.4) is 0 Å². The minimum Gasteiger partial charge on any atom is -0.545 e. The first-order valence-electron chi connectivity index (χ1n) is 15.9. The lowest BCUT2D eigenvalue weighted by atomic mass is 9.93. The van der Waals surface area contributed by atoms with Crippen molar-refractivity contribution in [3.05, 3.63) is 107 Å². The molecule has 1 N–H and O–H groups in total. The van der Waals surface area contributed by atoms with Gasteiger partial charge in [0.25, 0.3) is 0 Å². The first-order chi connectivity index (χ1) is 24.7. The maximum atomic E-state index is 9.41. The number of hydrogen-bond acceptors (Lipinski definition) is 16. The molecule has 0 bridgehead atoms. The van der Waals surface area contributed by atoms with E-state index in [-0.39, 0.29) is 6.61 Å². The number of benzene rings is 2. The van der Waals surface area contributed by atoms with Crippen LogP contribution in [0.15, 0.2) is 85.0 Å². The third-order valence-electron chi connectivity index (χ3n) is 7.30. The van der Waals surface area contributed by atoms with E-state index in [1.165, 1.54) is 35.2 Å². The molecule has 2 aromatic rings. The number of carboxylic acid groups (broad SMARTS) is 6. The van der Waals surface area contributed by atoms with E-state index in [1.807, 2.05) is 0 Å². The Morgan fingerprint density at radius 1 is 0.481 bits per heavy atom. The summed E-state index contributed by atoms with van der Waals surface area (Å²) in [5.41, 5.74) is 5.91. The van der Waals surface area contributed by atoms with E-state index >= 15 is 0 Å². The van der Waals surface area contributed by atoms with Gasteiger partial charge in [0, 0.05) is 52.4 Å². The SMILES string of the molecule is O=C([O-])/C=C\C(=O)[O-].O=C([O-])/C=C\C(=O)[O-].O=C([O-])/C=C\C(=O)[O-].OCCN1CCN(CCCN2Cc3ccccc3Cc3ccccc3C2)CC1. The Morgan fingerprint density at radius 2 is 0.769 bits per heavy atom. The van der Waals surface area contributed by atoms with Crippen molar-refractivity contribution in [3.63, 3.8) is 0 Å². The van der Waals surface area contributed by atoms with Crippen molar-refractivity contribution in [2.45, 2.75) is 25.9 Å². The smallest absolute Gasteiger partial charge is 0.0643 e. The molecule has 0 radical (unpaired) electrons. The van der Waals surface area contributed by atoms with Gasteiger partial charge in [0.15, 0.2) is 0 Å². The van der Waals surface area contributed by atoms with Crippen molar-refractivity contribution in [1.29, 1.82) is 0 Å². The molecule has 1 saturated heterocycles. The molecule has 0 unspecified atom stereocenters. The fraction of sp³-hybridized carbons (Fsp3) is 0.333. The van der Waals surface area contributed by atoms with Crippen LogP contribution in [0.4, 0.5) is 0 Å². The molecule has 16 heteroatoms. The first kappa shape index (κ1) is 44.3. The zero-order valence-electron chi connectivity index (χ0n) is 28.3. The Kier molecular flexibility index (Phi) is 21.6. The number of aliphatic hydroxyl groups is 1. The lowest BCUT2D eigenvalue weighted by Gasteiger charge is -2.35. The number of fused-ring (bicyclic) bond motifs is 2. The fourth-order valence-corrected chi connectivity index (χ4v) is 4.97. The van der Waals surface area contributed by atoms with Crippen molar-refractivity contribution >= 4 is 35.8 Å². The molecule has 1 fully saturated rings. The average Bonchev–Trinajstić information content (AvgIpc) is 3.08. The second kappa shape index (κ2) is 25.3. The van der Waals surface area contributed by atoms with Gasteiger partial charge in [0.1, 0.15) is 0 Å². The minimum atomic E-state index is -1.55. The summed E-state index contributed by atoms with van der Waals surface area (Å²) in [4.78, 5) is 64.1. The Balaban J connectivity index is 0.000000460. The molecule has 0 spiro atoms. The molecule has 2 aliphatic rings. The molecular weight excluding hydrogens is 682 g/mol. The Hall–Kier alpha value is -5.68. The van der Waals surface area contributed by atoms with Gasteiger partial charge < -0.3 is 69.4 Å². The van der Waals surface area contributed by atoms with Crippen molar-refractivity contribution in [1.82, 2.24) is 14.7 Å². The number of nitrogens with zero attached hydrogens (tertiary/aromatic N) is 3. The van der Waals surface area contributed by atoms with Crippen molar-refractivity contribution in [2.24, 2.45) is 0 Å². The monoisotopic (exact) mass is 721 g/mol. The topological polar surface area (TPSA) is 271 Å². The molecule has 16 nitrogen and oxygen atoms in total. The lowest BCUT2D eigenvalue weighted by Crippen LogP contribution is -2.47. The zero-order chi connectivity index (χ0) is 38.9. The van der Waals surface area contributed by atoms with Crippen LogP contribution in [-0.2, 0) is 48.3 Å². The van der Waals surface area contributed by atoms with Gasteiger partial charge in [-0.15, -0.1) is 0 Å². The predicted octanol–water partition coefficient (Wildman–Crippen LogP) is -6.28. The third-order valence-corrected chi connectivity index (χ3v) is 7.30. The van der Waals surface area contributed by atoms with Gasteiger partial charge in [-0.3, -0.25) is 9.80 Å². The highest BCUT2D eigenvalue weighted by molar-refractivity contribution is 5.88. The summed E-state index contributed by atoms with van der Waals surface area (Å²) in [7, 11) is 0. The molecule has 52 heavy (non-hydrogen) atoms. The van der Waals surface area contributed by atoms with Gasteiger partial charge >= 0.3 is 0 Å². The van der Waals surface area contributed by atoms with Gasteiger partial charge in [-0.1, -0.05) is 48.5 Å². The number of hydrogen-bond donors (Lipinski definition) is 1. The van der Waals surface area contributed by atoms with Crippen LogP contribution in [0.25, 0.3) is 0 Å². The second-order valence-corrected chi connectivity index (χ2v) is 11.1. The number of carbonyl (C=O) groups excluding carboxylic acids is 6. The molecule has 0 saturated carbocycles. The summed E-state index contributed by atoms with van der Waals surface area (Å²) in [6.45, 7) is 9.95. The molecule has 0 atom stereocenters. The van der Waals surface area contributed by atoms with Gasteiger partial charge in [-0.05, 0) is 78.1 Å². The van der Waals surface area contributed by atoms with Crippen molar-refractivity contribution in [2.75, 3.05) is 52.4 Å². The average molecular weight is 722 g/mol. The highest BCUT2D eigenvalue weighted by Gasteiger charge is 2.18. The van der Waals surface area contributed by atoms with Crippen LogP contribution >= 0.6 is 0 Å². The van der Waals surface area contributed by atoms with Gasteiger partial charge in [-0.2, -0.15) is 0 Å². The molecular formula is C36H39N3O13-6.